The number of aliphatic imine (C=N–C) groups is 1. The van der Waals surface area contributed by atoms with Crippen LogP contribution >= 0.6 is 0 Å². The number of halogens is 3. The SMILES string of the molecule is CC(C)[C@@H](C(=O)N[C@@H](CC(=O)O)C(=O)N1CCCC1)N(C)C(=O)C(C)(/N=C/C(F)(F)F)C(C)C. The van der Waals surface area contributed by atoms with Crippen LogP contribution in [-0.2, 0) is 19.2 Å². The molecule has 0 aromatic heterocycles. The Morgan fingerprint density at radius 3 is 2.06 bits per heavy atom. The van der Waals surface area contributed by atoms with E-state index >= 15 is 0 Å². The zero-order valence-electron chi connectivity index (χ0n) is 20.5. The maximum Gasteiger partial charge on any atom is 0.426 e. The Morgan fingerprint density at radius 2 is 1.65 bits per heavy atom. The lowest BCUT2D eigenvalue weighted by Crippen LogP contribution is -2.59. The standard InChI is InChI=1S/C22H35F3N4O5/c1-13(2)17(28(6)20(34)21(5,14(3)4)26-12-22(23,24)25)18(32)27-15(11-16(30)31)19(33)29-9-7-8-10-29/h12-15,17H,7-11H2,1-6H3,(H,27,32)(H,30,31)/b26-12+/t15-,17-,21?/m0/s1. The fourth-order valence-corrected chi connectivity index (χ4v) is 3.86. The van der Waals surface area contributed by atoms with Crippen LogP contribution in [0.3, 0.4) is 0 Å². The monoisotopic (exact) mass is 492 g/mol. The second-order valence-corrected chi connectivity index (χ2v) is 9.40. The average molecular weight is 493 g/mol. The van der Waals surface area contributed by atoms with Crippen molar-refractivity contribution >= 4 is 29.9 Å². The summed E-state index contributed by atoms with van der Waals surface area (Å²) < 4.78 is 38.3. The van der Waals surface area contributed by atoms with E-state index in [9.17, 15) is 37.5 Å². The molecule has 1 saturated heterocycles. The lowest BCUT2D eigenvalue weighted by atomic mass is 9.86. The van der Waals surface area contributed by atoms with Crippen molar-refractivity contribution in [2.24, 2.45) is 16.8 Å². The van der Waals surface area contributed by atoms with E-state index in [-0.39, 0.29) is 6.21 Å². The summed E-state index contributed by atoms with van der Waals surface area (Å²) in [7, 11) is 1.28. The first kappa shape index (κ1) is 29.4. The molecule has 0 aliphatic carbocycles. The van der Waals surface area contributed by atoms with Crippen molar-refractivity contribution in [3.8, 4) is 0 Å². The summed E-state index contributed by atoms with van der Waals surface area (Å²) in [6.07, 6.45) is -4.04. The van der Waals surface area contributed by atoms with E-state index in [1.165, 1.54) is 18.9 Å². The molecule has 1 rings (SSSR count). The molecule has 0 aromatic rings. The summed E-state index contributed by atoms with van der Waals surface area (Å²) in [5.74, 6) is -4.51. The number of alkyl halides is 3. The molecule has 0 aromatic carbocycles. The molecular weight excluding hydrogens is 457 g/mol. The highest BCUT2D eigenvalue weighted by molar-refractivity contribution is 5.96. The Kier molecular flexibility index (Phi) is 10.1. The maximum absolute atomic E-state index is 13.3. The van der Waals surface area contributed by atoms with Gasteiger partial charge in [0.15, 0.2) is 0 Å². The Hall–Kier alpha value is -2.66. The largest absolute Gasteiger partial charge is 0.481 e. The van der Waals surface area contributed by atoms with Crippen LogP contribution in [0.1, 0.15) is 53.9 Å². The highest BCUT2D eigenvalue weighted by Crippen LogP contribution is 2.27. The topological polar surface area (TPSA) is 119 Å². The lowest BCUT2D eigenvalue weighted by Gasteiger charge is -2.38. The van der Waals surface area contributed by atoms with Gasteiger partial charge in [-0.25, -0.2) is 0 Å². The Labute approximate surface area is 197 Å². The number of nitrogens with zero attached hydrogens (tertiary/aromatic N) is 3. The zero-order chi connectivity index (χ0) is 26.4. The molecule has 0 radical (unpaired) electrons. The normalized spacial score (nSPS) is 18.1. The predicted octanol–water partition coefficient (Wildman–Crippen LogP) is 2.10. The van der Waals surface area contributed by atoms with E-state index in [1.807, 2.05) is 0 Å². The molecule has 3 atom stereocenters. The molecule has 2 N–H and O–H groups in total. The third-order valence-electron chi connectivity index (χ3n) is 6.09. The van der Waals surface area contributed by atoms with Gasteiger partial charge in [-0.15, -0.1) is 0 Å². The summed E-state index contributed by atoms with van der Waals surface area (Å²) in [6, 6.07) is -2.50. The summed E-state index contributed by atoms with van der Waals surface area (Å²) >= 11 is 0. The minimum absolute atomic E-state index is 0.235. The van der Waals surface area contributed by atoms with Crippen LogP contribution in [0.5, 0.6) is 0 Å². The third kappa shape index (κ3) is 7.69. The van der Waals surface area contributed by atoms with Crippen molar-refractivity contribution in [3.63, 3.8) is 0 Å². The van der Waals surface area contributed by atoms with Gasteiger partial charge in [0.25, 0.3) is 5.91 Å². The van der Waals surface area contributed by atoms with Gasteiger partial charge in [0, 0.05) is 20.1 Å². The molecule has 1 aliphatic heterocycles. The van der Waals surface area contributed by atoms with Gasteiger partial charge in [-0.2, -0.15) is 13.2 Å². The van der Waals surface area contributed by atoms with Crippen molar-refractivity contribution in [1.29, 1.82) is 0 Å². The van der Waals surface area contributed by atoms with Crippen molar-refractivity contribution in [2.45, 2.75) is 77.7 Å². The zero-order valence-corrected chi connectivity index (χ0v) is 20.5. The second-order valence-electron chi connectivity index (χ2n) is 9.40. The van der Waals surface area contributed by atoms with Crippen LogP contribution in [0.2, 0.25) is 0 Å². The summed E-state index contributed by atoms with van der Waals surface area (Å²) in [5, 5.41) is 11.7. The Morgan fingerprint density at radius 1 is 1.12 bits per heavy atom. The number of carbonyl (C=O) groups excluding carboxylic acids is 3. The first-order valence-electron chi connectivity index (χ1n) is 11.2. The van der Waals surface area contributed by atoms with E-state index in [0.717, 1.165) is 17.7 Å². The van der Waals surface area contributed by atoms with Gasteiger partial charge in [-0.05, 0) is 31.6 Å². The van der Waals surface area contributed by atoms with Crippen LogP contribution in [0.15, 0.2) is 4.99 Å². The quantitative estimate of drug-likeness (QED) is 0.453. The third-order valence-corrected chi connectivity index (χ3v) is 6.09. The minimum Gasteiger partial charge on any atom is -0.481 e. The second kappa shape index (κ2) is 11.7. The minimum atomic E-state index is -4.72. The number of carboxylic acids is 1. The number of hydrogen-bond donors (Lipinski definition) is 2. The van der Waals surface area contributed by atoms with Crippen molar-refractivity contribution in [2.75, 3.05) is 20.1 Å². The highest BCUT2D eigenvalue weighted by Gasteiger charge is 2.44. The van der Waals surface area contributed by atoms with Gasteiger partial charge in [0.1, 0.15) is 23.8 Å². The van der Waals surface area contributed by atoms with Crippen LogP contribution in [0, 0.1) is 11.8 Å². The highest BCUT2D eigenvalue weighted by atomic mass is 19.4. The molecule has 1 aliphatic rings. The molecule has 194 valence electrons. The molecule has 9 nitrogen and oxygen atoms in total. The van der Waals surface area contributed by atoms with Gasteiger partial charge in [0.05, 0.1) is 6.42 Å². The van der Waals surface area contributed by atoms with Gasteiger partial charge in [0.2, 0.25) is 11.8 Å². The predicted molar refractivity (Wildman–Crippen MR) is 119 cm³/mol. The van der Waals surface area contributed by atoms with Crippen LogP contribution < -0.4 is 5.32 Å². The molecule has 1 fully saturated rings. The fraction of sp³-hybridized carbons (Fsp3) is 0.773. The van der Waals surface area contributed by atoms with Crippen LogP contribution in [0.4, 0.5) is 13.2 Å². The summed E-state index contributed by atoms with van der Waals surface area (Å²) in [4.78, 5) is 56.6. The number of rotatable bonds is 10. The number of aliphatic carboxylic acids is 1. The van der Waals surface area contributed by atoms with Crippen molar-refractivity contribution in [1.82, 2.24) is 15.1 Å². The number of carbonyl (C=O) groups is 4. The average Bonchev–Trinajstić information content (AvgIpc) is 3.23. The number of likely N-dealkylation sites (N-methyl/N-ethyl adjacent to an activating group) is 1. The molecule has 12 heteroatoms. The molecule has 1 unspecified atom stereocenters. The van der Waals surface area contributed by atoms with Crippen LogP contribution in [0.25, 0.3) is 0 Å². The molecular formula is C22H35F3N4O5. The molecule has 1 heterocycles. The first-order valence-corrected chi connectivity index (χ1v) is 11.2. The van der Waals surface area contributed by atoms with E-state index in [1.54, 1.807) is 27.7 Å². The van der Waals surface area contributed by atoms with E-state index in [0.29, 0.717) is 13.1 Å². The number of nitrogens with one attached hydrogen (secondary N) is 1. The van der Waals surface area contributed by atoms with E-state index in [2.05, 4.69) is 10.3 Å². The number of likely N-dealkylation sites (tertiary alicyclic amines) is 1. The fourth-order valence-electron chi connectivity index (χ4n) is 3.86. The Bertz CT molecular complexity index is 794. The van der Waals surface area contributed by atoms with E-state index in [4.69, 9.17) is 0 Å². The molecule has 3 amide bonds. The number of carboxylic acid groups (broad SMARTS) is 1. The van der Waals surface area contributed by atoms with Gasteiger partial charge in [-0.1, -0.05) is 27.7 Å². The molecule has 34 heavy (non-hydrogen) atoms. The number of hydrogen-bond acceptors (Lipinski definition) is 5. The smallest absolute Gasteiger partial charge is 0.426 e. The summed E-state index contributed by atoms with van der Waals surface area (Å²) in [5.41, 5.74) is -1.80. The van der Waals surface area contributed by atoms with Crippen molar-refractivity contribution < 1.29 is 37.5 Å². The van der Waals surface area contributed by atoms with Gasteiger partial charge >= 0.3 is 12.1 Å². The van der Waals surface area contributed by atoms with Crippen LogP contribution in [-0.4, -0.2) is 88.7 Å². The first-order chi connectivity index (χ1) is 15.5. The number of amides is 3. The Balaban J connectivity index is 3.20. The molecule has 0 bridgehead atoms. The summed E-state index contributed by atoms with van der Waals surface area (Å²) in [6.45, 7) is 8.53. The lowest BCUT2D eigenvalue weighted by molar-refractivity contribution is -0.148. The molecule has 0 spiro atoms. The van der Waals surface area contributed by atoms with Gasteiger partial charge < -0.3 is 20.2 Å². The maximum atomic E-state index is 13.3. The molecule has 0 saturated carbocycles. The van der Waals surface area contributed by atoms with Gasteiger partial charge in [-0.3, -0.25) is 24.2 Å². The van der Waals surface area contributed by atoms with E-state index < -0.39 is 65.7 Å². The van der Waals surface area contributed by atoms with Crippen molar-refractivity contribution in [3.05, 3.63) is 0 Å².